The number of fused-ring (bicyclic) bond motifs is 1. The molecule has 1 N–H and O–H groups in total. The van der Waals surface area contributed by atoms with E-state index in [4.69, 9.17) is 9.52 Å². The lowest BCUT2D eigenvalue weighted by molar-refractivity contribution is 0.197. The molecule has 0 saturated carbocycles. The van der Waals surface area contributed by atoms with E-state index in [0.29, 0.717) is 16.9 Å². The topological polar surface area (TPSA) is 82.4 Å². The molecule has 2 aliphatic heterocycles. The van der Waals surface area contributed by atoms with Crippen molar-refractivity contribution in [2.75, 3.05) is 43.9 Å². The van der Waals surface area contributed by atoms with Gasteiger partial charge in [0, 0.05) is 57.3 Å². The van der Waals surface area contributed by atoms with Gasteiger partial charge in [-0.2, -0.15) is 0 Å². The highest BCUT2D eigenvalue weighted by Crippen LogP contribution is 2.31. The highest BCUT2D eigenvalue weighted by atomic mass is 32.2. The third-order valence-electron chi connectivity index (χ3n) is 5.41. The molecule has 4 rings (SSSR count). The zero-order valence-electron chi connectivity index (χ0n) is 15.7. The van der Waals surface area contributed by atoms with Gasteiger partial charge in [-0.3, -0.25) is 4.90 Å². The summed E-state index contributed by atoms with van der Waals surface area (Å²) in [5, 5.41) is 0. The number of rotatable bonds is 4. The Hall–Kier alpha value is -2.19. The number of aromatic nitrogens is 2. The highest BCUT2D eigenvalue weighted by molar-refractivity contribution is 7.91. The number of benzene rings is 1. The molecule has 8 heteroatoms. The van der Waals surface area contributed by atoms with Crippen molar-refractivity contribution >= 4 is 15.7 Å². The van der Waals surface area contributed by atoms with Crippen molar-refractivity contribution in [2.45, 2.75) is 24.3 Å². The van der Waals surface area contributed by atoms with Crippen LogP contribution in [0.5, 0.6) is 5.75 Å². The van der Waals surface area contributed by atoms with Crippen LogP contribution in [-0.4, -0.2) is 58.1 Å². The van der Waals surface area contributed by atoms with Crippen molar-refractivity contribution in [3.63, 3.8) is 0 Å². The van der Waals surface area contributed by atoms with Crippen LogP contribution < -0.4 is 9.64 Å². The lowest BCUT2D eigenvalue weighted by atomic mass is 10.0. The third-order valence-corrected chi connectivity index (χ3v) is 6.52. The van der Waals surface area contributed by atoms with Gasteiger partial charge in [-0.05, 0) is 24.1 Å². The fourth-order valence-electron chi connectivity index (χ4n) is 3.64. The standard InChI is InChI=1S/C19H25N5O2S/c1-14(16-4-3-15-5-10-26-18(15)11-16)23-6-8-24(9-7-23)19-21-12-17(13-22-19)27(2,20)25/h3-4,11-14,20H,5-10H2,1-2H3/t14-,27?/m1/s1. The Labute approximate surface area is 160 Å². The lowest BCUT2D eigenvalue weighted by Gasteiger charge is -2.38. The van der Waals surface area contributed by atoms with E-state index in [-0.39, 0.29) is 0 Å². The number of nitrogens with zero attached hydrogens (tertiary/aromatic N) is 4. The second kappa shape index (κ2) is 7.09. The molecule has 1 fully saturated rings. The molecule has 2 atom stereocenters. The van der Waals surface area contributed by atoms with Gasteiger partial charge in [0.15, 0.2) is 0 Å². The van der Waals surface area contributed by atoms with Gasteiger partial charge in [0.25, 0.3) is 0 Å². The first-order valence-corrected chi connectivity index (χ1v) is 11.2. The molecule has 0 bridgehead atoms. The summed E-state index contributed by atoms with van der Waals surface area (Å²) in [4.78, 5) is 13.6. The van der Waals surface area contributed by atoms with Crippen molar-refractivity contribution < 1.29 is 8.95 Å². The molecule has 1 aromatic heterocycles. The van der Waals surface area contributed by atoms with E-state index in [1.54, 1.807) is 0 Å². The minimum atomic E-state index is -2.77. The molecule has 0 spiro atoms. The largest absolute Gasteiger partial charge is 0.493 e. The Morgan fingerprint density at radius 1 is 1.19 bits per heavy atom. The molecule has 2 aromatic rings. The van der Waals surface area contributed by atoms with Crippen LogP contribution in [-0.2, 0) is 16.1 Å². The van der Waals surface area contributed by atoms with Crippen LogP contribution in [0.3, 0.4) is 0 Å². The molecule has 0 amide bonds. The SMILES string of the molecule is C[C@H](c1ccc2c(c1)OCC2)N1CCN(c2ncc(S(C)(=N)=O)cn2)CC1. The minimum Gasteiger partial charge on any atom is -0.493 e. The Bertz CT molecular complexity index is 922. The van der Waals surface area contributed by atoms with Crippen LogP contribution in [0.2, 0.25) is 0 Å². The lowest BCUT2D eigenvalue weighted by Crippen LogP contribution is -2.47. The van der Waals surface area contributed by atoms with Gasteiger partial charge < -0.3 is 9.64 Å². The molecule has 7 nitrogen and oxygen atoms in total. The van der Waals surface area contributed by atoms with Crippen LogP contribution in [0.1, 0.15) is 24.1 Å². The van der Waals surface area contributed by atoms with E-state index in [9.17, 15) is 4.21 Å². The summed E-state index contributed by atoms with van der Waals surface area (Å²) in [6.07, 6.45) is 5.42. The first kappa shape index (κ1) is 18.2. The average molecular weight is 388 g/mol. The molecular weight excluding hydrogens is 362 g/mol. The number of nitrogens with one attached hydrogen (secondary N) is 1. The average Bonchev–Trinajstić information content (AvgIpc) is 3.15. The van der Waals surface area contributed by atoms with E-state index in [1.165, 1.54) is 29.8 Å². The van der Waals surface area contributed by atoms with Gasteiger partial charge in [-0.15, -0.1) is 0 Å². The number of anilines is 1. The van der Waals surface area contributed by atoms with Crippen LogP contribution in [0.15, 0.2) is 35.5 Å². The van der Waals surface area contributed by atoms with Crippen molar-refractivity contribution in [3.8, 4) is 5.75 Å². The third kappa shape index (κ3) is 3.77. The predicted octanol–water partition coefficient (Wildman–Crippen LogP) is 2.33. The molecular formula is C19H25N5O2S. The zero-order chi connectivity index (χ0) is 19.0. The number of hydrogen-bond acceptors (Lipinski definition) is 7. The molecule has 0 aliphatic carbocycles. The van der Waals surface area contributed by atoms with Crippen molar-refractivity contribution in [1.29, 1.82) is 4.78 Å². The minimum absolute atomic E-state index is 0.332. The molecule has 144 valence electrons. The molecule has 1 aromatic carbocycles. The Morgan fingerprint density at radius 2 is 1.89 bits per heavy atom. The first-order chi connectivity index (χ1) is 12.9. The van der Waals surface area contributed by atoms with E-state index in [1.807, 2.05) is 0 Å². The smallest absolute Gasteiger partial charge is 0.225 e. The predicted molar refractivity (Wildman–Crippen MR) is 105 cm³/mol. The van der Waals surface area contributed by atoms with E-state index in [0.717, 1.165) is 45.0 Å². The molecule has 27 heavy (non-hydrogen) atoms. The summed E-state index contributed by atoms with van der Waals surface area (Å²) in [6.45, 7) is 6.56. The molecule has 0 radical (unpaired) electrons. The fourth-order valence-corrected chi connectivity index (χ4v) is 4.14. The van der Waals surface area contributed by atoms with E-state index < -0.39 is 9.73 Å². The van der Waals surface area contributed by atoms with Crippen LogP contribution in [0.4, 0.5) is 5.95 Å². The summed E-state index contributed by atoms with van der Waals surface area (Å²) in [7, 11) is -2.77. The van der Waals surface area contributed by atoms with E-state index >= 15 is 0 Å². The number of ether oxygens (including phenoxy) is 1. The maximum Gasteiger partial charge on any atom is 0.225 e. The quantitative estimate of drug-likeness (QED) is 0.867. The van der Waals surface area contributed by atoms with Gasteiger partial charge in [-0.25, -0.2) is 19.0 Å². The molecule has 2 aliphatic rings. The van der Waals surface area contributed by atoms with Gasteiger partial charge in [-0.1, -0.05) is 12.1 Å². The zero-order valence-corrected chi connectivity index (χ0v) is 16.5. The first-order valence-electron chi connectivity index (χ1n) is 9.22. The van der Waals surface area contributed by atoms with Gasteiger partial charge in [0.2, 0.25) is 5.95 Å². The Kier molecular flexibility index (Phi) is 4.77. The van der Waals surface area contributed by atoms with E-state index in [2.05, 4.69) is 44.9 Å². The molecule has 3 heterocycles. The summed E-state index contributed by atoms with van der Waals surface area (Å²) < 4.78 is 25.1. The maximum atomic E-state index is 11.8. The number of hydrogen-bond donors (Lipinski definition) is 1. The maximum absolute atomic E-state index is 11.8. The Balaban J connectivity index is 1.40. The fraction of sp³-hybridized carbons (Fsp3) is 0.474. The highest BCUT2D eigenvalue weighted by Gasteiger charge is 2.24. The normalized spacial score (nSPS) is 20.6. The summed E-state index contributed by atoms with van der Waals surface area (Å²) >= 11 is 0. The van der Waals surface area contributed by atoms with Gasteiger partial charge >= 0.3 is 0 Å². The number of piperazine rings is 1. The molecule has 1 unspecified atom stereocenters. The van der Waals surface area contributed by atoms with Gasteiger partial charge in [0.05, 0.1) is 21.2 Å². The van der Waals surface area contributed by atoms with Gasteiger partial charge in [0.1, 0.15) is 5.75 Å². The Morgan fingerprint density at radius 3 is 2.56 bits per heavy atom. The summed E-state index contributed by atoms with van der Waals surface area (Å²) in [5.74, 6) is 1.68. The second-order valence-electron chi connectivity index (χ2n) is 7.23. The second-order valence-corrected chi connectivity index (χ2v) is 9.39. The van der Waals surface area contributed by atoms with Crippen molar-refractivity contribution in [1.82, 2.24) is 14.9 Å². The van der Waals surface area contributed by atoms with Crippen LogP contribution in [0.25, 0.3) is 0 Å². The van der Waals surface area contributed by atoms with Crippen molar-refractivity contribution in [3.05, 3.63) is 41.7 Å². The monoisotopic (exact) mass is 387 g/mol. The molecule has 1 saturated heterocycles. The van der Waals surface area contributed by atoms with Crippen molar-refractivity contribution in [2.24, 2.45) is 0 Å². The summed E-state index contributed by atoms with van der Waals surface area (Å²) in [5.41, 5.74) is 2.60. The van der Waals surface area contributed by atoms with Crippen LogP contribution >= 0.6 is 0 Å². The summed E-state index contributed by atoms with van der Waals surface area (Å²) in [6, 6.07) is 6.93. The van der Waals surface area contributed by atoms with Crippen LogP contribution in [0, 0.1) is 4.78 Å².